The molecule has 24 heavy (non-hydrogen) atoms. The zero-order valence-corrected chi connectivity index (χ0v) is 11.9. The monoisotopic (exact) mass is 344 g/mol. The Kier molecular flexibility index (Phi) is 4.77. The second-order valence-corrected chi connectivity index (χ2v) is 4.69. The fraction of sp³-hybridized carbons (Fsp3) is 0.214. The van der Waals surface area contributed by atoms with E-state index in [1.54, 1.807) is 0 Å². The summed E-state index contributed by atoms with van der Waals surface area (Å²) in [5.41, 5.74) is -0.180. The van der Waals surface area contributed by atoms with Crippen molar-refractivity contribution in [2.45, 2.75) is 6.18 Å². The molecule has 2 aromatic rings. The molecule has 0 aliphatic carbocycles. The lowest BCUT2D eigenvalue weighted by molar-refractivity contribution is -0.153. The molecular formula is C14H11F3N2O5. The number of carboxylic acid groups (broad SMARTS) is 1. The van der Waals surface area contributed by atoms with Crippen LogP contribution in [0, 0.1) is 0 Å². The van der Waals surface area contributed by atoms with Gasteiger partial charge in [-0.05, 0) is 24.3 Å². The number of amides is 1. The molecule has 0 radical (unpaired) electrons. The second kappa shape index (κ2) is 6.60. The standard InChI is InChI=1S/C14H11F3N2O5/c15-14(16,17)6-24-8-1-2-9-7(3-8)4-10(20)12(19-9)13(23)18-5-11(21)22/h1-4,20H,5-6H2,(H,18,23)(H,21,22). The smallest absolute Gasteiger partial charge is 0.422 e. The molecule has 128 valence electrons. The quantitative estimate of drug-likeness (QED) is 0.762. The fourth-order valence-electron chi connectivity index (χ4n) is 1.81. The molecule has 1 heterocycles. The Morgan fingerprint density at radius 1 is 1.25 bits per heavy atom. The number of halogens is 3. The number of hydrogen-bond acceptors (Lipinski definition) is 5. The number of carbonyl (C=O) groups excluding carboxylic acids is 1. The van der Waals surface area contributed by atoms with E-state index in [2.05, 4.69) is 9.72 Å². The Morgan fingerprint density at radius 3 is 2.58 bits per heavy atom. The number of rotatable bonds is 5. The van der Waals surface area contributed by atoms with Gasteiger partial charge in [0.2, 0.25) is 0 Å². The van der Waals surface area contributed by atoms with Gasteiger partial charge in [0.25, 0.3) is 5.91 Å². The van der Waals surface area contributed by atoms with Gasteiger partial charge in [0.1, 0.15) is 18.0 Å². The number of benzene rings is 1. The van der Waals surface area contributed by atoms with Gasteiger partial charge >= 0.3 is 12.1 Å². The molecule has 0 aliphatic rings. The largest absolute Gasteiger partial charge is 0.505 e. The van der Waals surface area contributed by atoms with Gasteiger partial charge in [0.15, 0.2) is 12.3 Å². The molecule has 0 spiro atoms. The maximum absolute atomic E-state index is 12.1. The van der Waals surface area contributed by atoms with E-state index in [0.717, 1.165) is 6.07 Å². The molecule has 0 fully saturated rings. The van der Waals surface area contributed by atoms with Crippen molar-refractivity contribution in [1.29, 1.82) is 0 Å². The number of nitrogens with one attached hydrogen (secondary N) is 1. The molecule has 10 heteroatoms. The highest BCUT2D eigenvalue weighted by atomic mass is 19.4. The molecule has 0 aliphatic heterocycles. The van der Waals surface area contributed by atoms with Crippen LogP contribution in [-0.2, 0) is 4.79 Å². The van der Waals surface area contributed by atoms with Crippen molar-refractivity contribution in [1.82, 2.24) is 10.3 Å². The normalized spacial score (nSPS) is 11.3. The first-order valence-electron chi connectivity index (χ1n) is 6.49. The molecule has 2 rings (SSSR count). The van der Waals surface area contributed by atoms with Crippen LogP contribution in [0.2, 0.25) is 0 Å². The van der Waals surface area contributed by atoms with Gasteiger partial charge in [-0.1, -0.05) is 0 Å². The van der Waals surface area contributed by atoms with Crippen LogP contribution in [0.25, 0.3) is 10.9 Å². The summed E-state index contributed by atoms with van der Waals surface area (Å²) in [6.45, 7) is -2.12. The van der Waals surface area contributed by atoms with Crippen molar-refractivity contribution >= 4 is 22.8 Å². The third kappa shape index (κ3) is 4.48. The van der Waals surface area contributed by atoms with Crippen molar-refractivity contribution in [3.8, 4) is 11.5 Å². The number of aromatic hydroxyl groups is 1. The second-order valence-electron chi connectivity index (χ2n) is 4.69. The number of aliphatic carboxylic acids is 1. The van der Waals surface area contributed by atoms with Crippen LogP contribution in [0.1, 0.15) is 10.5 Å². The van der Waals surface area contributed by atoms with Gasteiger partial charge in [-0.25, -0.2) is 4.98 Å². The van der Waals surface area contributed by atoms with Crippen LogP contribution in [0.3, 0.4) is 0 Å². The number of ether oxygens (including phenoxy) is 1. The van der Waals surface area contributed by atoms with Crippen molar-refractivity contribution in [2.75, 3.05) is 13.2 Å². The van der Waals surface area contributed by atoms with E-state index in [1.807, 2.05) is 5.32 Å². The number of hydrogen-bond donors (Lipinski definition) is 3. The minimum atomic E-state index is -4.48. The molecular weight excluding hydrogens is 333 g/mol. The van der Waals surface area contributed by atoms with E-state index in [4.69, 9.17) is 5.11 Å². The molecule has 0 saturated carbocycles. The first-order valence-corrected chi connectivity index (χ1v) is 6.49. The van der Waals surface area contributed by atoms with Crippen LogP contribution in [0.15, 0.2) is 24.3 Å². The lowest BCUT2D eigenvalue weighted by Gasteiger charge is -2.10. The maximum Gasteiger partial charge on any atom is 0.422 e. The van der Waals surface area contributed by atoms with Gasteiger partial charge in [-0.2, -0.15) is 13.2 Å². The molecule has 3 N–H and O–H groups in total. The van der Waals surface area contributed by atoms with Crippen molar-refractivity contribution in [3.05, 3.63) is 30.0 Å². The average Bonchev–Trinajstić information content (AvgIpc) is 2.49. The van der Waals surface area contributed by atoms with Gasteiger partial charge in [-0.15, -0.1) is 0 Å². The predicted octanol–water partition coefficient (Wildman–Crippen LogP) is 1.70. The number of carbonyl (C=O) groups is 2. The van der Waals surface area contributed by atoms with Crippen LogP contribution in [0.4, 0.5) is 13.2 Å². The van der Waals surface area contributed by atoms with Crippen LogP contribution in [-0.4, -0.2) is 46.4 Å². The van der Waals surface area contributed by atoms with E-state index in [-0.39, 0.29) is 16.7 Å². The summed E-state index contributed by atoms with van der Waals surface area (Å²) < 4.78 is 41.0. The minimum Gasteiger partial charge on any atom is -0.505 e. The topological polar surface area (TPSA) is 109 Å². The summed E-state index contributed by atoms with van der Waals surface area (Å²) in [5, 5.41) is 20.6. The summed E-state index contributed by atoms with van der Waals surface area (Å²) >= 11 is 0. The first kappa shape index (κ1) is 17.3. The van der Waals surface area contributed by atoms with Crippen LogP contribution < -0.4 is 10.1 Å². The third-order valence-corrected chi connectivity index (χ3v) is 2.78. The summed E-state index contributed by atoms with van der Waals surface area (Å²) in [6.07, 6.45) is -4.48. The Labute approximate surface area is 132 Å². The highest BCUT2D eigenvalue weighted by Crippen LogP contribution is 2.26. The Bertz CT molecular complexity index is 792. The summed E-state index contributed by atoms with van der Waals surface area (Å²) in [6, 6.07) is 4.90. The summed E-state index contributed by atoms with van der Waals surface area (Å²) in [5.74, 6) is -2.79. The zero-order valence-electron chi connectivity index (χ0n) is 11.9. The number of pyridine rings is 1. The molecule has 7 nitrogen and oxygen atoms in total. The number of nitrogens with zero attached hydrogens (tertiary/aromatic N) is 1. The zero-order chi connectivity index (χ0) is 17.9. The van der Waals surface area contributed by atoms with Gasteiger partial charge < -0.3 is 20.3 Å². The van der Waals surface area contributed by atoms with Gasteiger partial charge in [0.05, 0.1) is 5.52 Å². The number of alkyl halides is 3. The van der Waals surface area contributed by atoms with Gasteiger partial charge in [-0.3, -0.25) is 9.59 Å². The number of fused-ring (bicyclic) bond motifs is 1. The molecule has 1 aromatic carbocycles. The SMILES string of the molecule is O=C(O)CNC(=O)c1nc2ccc(OCC(F)(F)F)cc2cc1O. The summed E-state index contributed by atoms with van der Waals surface area (Å²) in [7, 11) is 0. The van der Waals surface area contributed by atoms with E-state index in [0.29, 0.717) is 0 Å². The molecule has 0 saturated heterocycles. The molecule has 1 amide bonds. The van der Waals surface area contributed by atoms with E-state index in [9.17, 15) is 27.9 Å². The summed E-state index contributed by atoms with van der Waals surface area (Å²) in [4.78, 5) is 26.0. The van der Waals surface area contributed by atoms with E-state index in [1.165, 1.54) is 18.2 Å². The van der Waals surface area contributed by atoms with Crippen LogP contribution in [0.5, 0.6) is 11.5 Å². The maximum atomic E-state index is 12.1. The minimum absolute atomic E-state index is 0.0795. The molecule has 0 unspecified atom stereocenters. The molecule has 0 bridgehead atoms. The van der Waals surface area contributed by atoms with Crippen molar-refractivity contribution in [2.24, 2.45) is 0 Å². The predicted molar refractivity (Wildman–Crippen MR) is 74.9 cm³/mol. The lowest BCUT2D eigenvalue weighted by atomic mass is 10.1. The van der Waals surface area contributed by atoms with Crippen molar-refractivity contribution in [3.63, 3.8) is 0 Å². The van der Waals surface area contributed by atoms with Crippen molar-refractivity contribution < 1.29 is 37.7 Å². The van der Waals surface area contributed by atoms with E-state index < -0.39 is 42.6 Å². The van der Waals surface area contributed by atoms with Crippen LogP contribution >= 0.6 is 0 Å². The number of carboxylic acids is 1. The first-order chi connectivity index (χ1) is 11.2. The lowest BCUT2D eigenvalue weighted by Crippen LogP contribution is -2.29. The fourth-order valence-corrected chi connectivity index (χ4v) is 1.81. The molecule has 0 atom stereocenters. The number of aromatic nitrogens is 1. The Morgan fingerprint density at radius 2 is 1.96 bits per heavy atom. The highest BCUT2D eigenvalue weighted by molar-refractivity contribution is 5.99. The molecule has 1 aromatic heterocycles. The Balaban J connectivity index is 2.25. The third-order valence-electron chi connectivity index (χ3n) is 2.78. The Hall–Kier alpha value is -3.04. The average molecular weight is 344 g/mol. The van der Waals surface area contributed by atoms with Gasteiger partial charge in [0, 0.05) is 5.39 Å². The highest BCUT2D eigenvalue weighted by Gasteiger charge is 2.28. The van der Waals surface area contributed by atoms with E-state index >= 15 is 0 Å².